The molecule has 0 aliphatic carbocycles. The number of imidazole rings is 1. The van der Waals surface area contributed by atoms with Crippen LogP contribution in [0.25, 0.3) is 11.0 Å². The van der Waals surface area contributed by atoms with E-state index in [1.165, 1.54) is 0 Å². The van der Waals surface area contributed by atoms with Gasteiger partial charge >= 0.3 is 0 Å². The van der Waals surface area contributed by atoms with Gasteiger partial charge in [-0.2, -0.15) is 0 Å². The Morgan fingerprint density at radius 2 is 1.87 bits per heavy atom. The lowest BCUT2D eigenvalue weighted by molar-refractivity contribution is 0.0951. The number of carbonyl (C=O) groups is 1. The second kappa shape index (κ2) is 6.24. The van der Waals surface area contributed by atoms with Crippen molar-refractivity contribution < 1.29 is 4.79 Å². The van der Waals surface area contributed by atoms with Crippen molar-refractivity contribution in [2.45, 2.75) is 27.3 Å². The van der Waals surface area contributed by atoms with Crippen molar-refractivity contribution in [3.8, 4) is 0 Å². The van der Waals surface area contributed by atoms with Crippen molar-refractivity contribution in [3.63, 3.8) is 0 Å². The Kier molecular flexibility index (Phi) is 4.15. The Morgan fingerprint density at radius 3 is 2.70 bits per heavy atom. The Bertz CT molecular complexity index is 864. The van der Waals surface area contributed by atoms with Crippen molar-refractivity contribution >= 4 is 16.9 Å². The van der Waals surface area contributed by atoms with Gasteiger partial charge in [0.05, 0.1) is 11.0 Å². The molecule has 0 saturated heterocycles. The van der Waals surface area contributed by atoms with Crippen LogP contribution in [0.4, 0.5) is 0 Å². The maximum Gasteiger partial charge on any atom is 0.251 e. The second-order valence-electron chi connectivity index (χ2n) is 5.80. The van der Waals surface area contributed by atoms with E-state index in [4.69, 9.17) is 0 Å². The molecule has 0 aliphatic heterocycles. The van der Waals surface area contributed by atoms with Gasteiger partial charge in [0.25, 0.3) is 5.91 Å². The number of benzene rings is 2. The molecular formula is C19H21N3O. The zero-order chi connectivity index (χ0) is 16.4. The predicted molar refractivity (Wildman–Crippen MR) is 92.7 cm³/mol. The van der Waals surface area contributed by atoms with Gasteiger partial charge in [0.15, 0.2) is 0 Å². The number of amides is 1. The second-order valence-corrected chi connectivity index (χ2v) is 5.80. The van der Waals surface area contributed by atoms with Crippen LogP contribution >= 0.6 is 0 Å². The summed E-state index contributed by atoms with van der Waals surface area (Å²) < 4.78 is 2.14. The lowest BCUT2D eigenvalue weighted by atomic mass is 10.0. The van der Waals surface area contributed by atoms with E-state index in [1.54, 1.807) is 0 Å². The normalized spacial score (nSPS) is 10.9. The molecule has 1 aromatic heterocycles. The fourth-order valence-corrected chi connectivity index (χ4v) is 2.85. The van der Waals surface area contributed by atoms with Crippen LogP contribution in [0.3, 0.4) is 0 Å². The molecule has 0 radical (unpaired) electrons. The van der Waals surface area contributed by atoms with E-state index in [0.717, 1.165) is 33.5 Å². The summed E-state index contributed by atoms with van der Waals surface area (Å²) in [6, 6.07) is 13.9. The molecule has 0 aliphatic rings. The van der Waals surface area contributed by atoms with Gasteiger partial charge in [-0.25, -0.2) is 4.98 Å². The van der Waals surface area contributed by atoms with Gasteiger partial charge < -0.3 is 9.88 Å². The summed E-state index contributed by atoms with van der Waals surface area (Å²) in [6.07, 6.45) is 0. The van der Waals surface area contributed by atoms with Crippen molar-refractivity contribution in [1.82, 2.24) is 14.9 Å². The van der Waals surface area contributed by atoms with Crippen LogP contribution < -0.4 is 5.32 Å². The summed E-state index contributed by atoms with van der Waals surface area (Å²) in [7, 11) is 0. The van der Waals surface area contributed by atoms with Gasteiger partial charge in [-0.1, -0.05) is 24.3 Å². The average molecular weight is 307 g/mol. The van der Waals surface area contributed by atoms with Crippen LogP contribution in [0.15, 0.2) is 42.5 Å². The molecule has 4 nitrogen and oxygen atoms in total. The van der Waals surface area contributed by atoms with Crippen LogP contribution in [0.2, 0.25) is 0 Å². The highest BCUT2D eigenvalue weighted by atomic mass is 16.1. The zero-order valence-corrected chi connectivity index (χ0v) is 13.8. The van der Waals surface area contributed by atoms with E-state index in [9.17, 15) is 4.79 Å². The van der Waals surface area contributed by atoms with Crippen LogP contribution in [-0.2, 0) is 6.54 Å². The summed E-state index contributed by atoms with van der Waals surface area (Å²) in [5.74, 6) is 0.945. The highest BCUT2D eigenvalue weighted by Crippen LogP contribution is 2.15. The minimum atomic E-state index is -0.0201. The Morgan fingerprint density at radius 1 is 1.09 bits per heavy atom. The molecule has 0 spiro atoms. The minimum Gasteiger partial charge on any atom is -0.350 e. The molecule has 1 amide bonds. The summed E-state index contributed by atoms with van der Waals surface area (Å²) in [5, 5.41) is 3.01. The Balaban J connectivity index is 1.70. The monoisotopic (exact) mass is 307 g/mol. The number of aryl methyl sites for hydroxylation is 2. The fraction of sp³-hybridized carbons (Fsp3) is 0.263. The van der Waals surface area contributed by atoms with Gasteiger partial charge in [0.1, 0.15) is 5.82 Å². The molecular weight excluding hydrogens is 286 g/mol. The van der Waals surface area contributed by atoms with Gasteiger partial charge in [-0.15, -0.1) is 0 Å². The highest BCUT2D eigenvalue weighted by molar-refractivity contribution is 5.95. The predicted octanol–water partition coefficient (Wildman–Crippen LogP) is 3.39. The standard InChI is InChI=1S/C19H21N3O/c1-13-7-6-8-16(14(13)2)19(23)20-11-12-22-15(3)21-17-9-4-5-10-18(17)22/h4-10H,11-12H2,1-3H3,(H,20,23). The molecule has 0 atom stereocenters. The smallest absolute Gasteiger partial charge is 0.251 e. The quantitative estimate of drug-likeness (QED) is 0.803. The van der Waals surface area contributed by atoms with Crippen molar-refractivity contribution in [1.29, 1.82) is 0 Å². The number of carbonyl (C=O) groups excluding carboxylic acids is 1. The lowest BCUT2D eigenvalue weighted by Crippen LogP contribution is -2.28. The summed E-state index contributed by atoms with van der Waals surface area (Å²) in [6.45, 7) is 7.29. The van der Waals surface area contributed by atoms with Gasteiger partial charge in [-0.3, -0.25) is 4.79 Å². The third-order valence-electron chi connectivity index (χ3n) is 4.32. The van der Waals surface area contributed by atoms with Crippen molar-refractivity contribution in [2.24, 2.45) is 0 Å². The Labute approximate surface area is 136 Å². The first-order valence-electron chi connectivity index (χ1n) is 7.84. The first kappa shape index (κ1) is 15.3. The third-order valence-corrected chi connectivity index (χ3v) is 4.32. The molecule has 118 valence electrons. The average Bonchev–Trinajstić information content (AvgIpc) is 2.86. The van der Waals surface area contributed by atoms with Crippen molar-refractivity contribution in [3.05, 3.63) is 65.0 Å². The maximum atomic E-state index is 12.4. The number of para-hydroxylation sites is 2. The van der Waals surface area contributed by atoms with E-state index < -0.39 is 0 Å². The Hall–Kier alpha value is -2.62. The lowest BCUT2D eigenvalue weighted by Gasteiger charge is -2.11. The number of nitrogens with zero attached hydrogens (tertiary/aromatic N) is 2. The molecule has 0 fully saturated rings. The summed E-state index contributed by atoms with van der Waals surface area (Å²) in [4.78, 5) is 16.9. The largest absolute Gasteiger partial charge is 0.350 e. The SMILES string of the molecule is Cc1cccc(C(=O)NCCn2c(C)nc3ccccc32)c1C. The minimum absolute atomic E-state index is 0.0201. The molecule has 1 N–H and O–H groups in total. The maximum absolute atomic E-state index is 12.4. The van der Waals surface area contributed by atoms with Gasteiger partial charge in [0, 0.05) is 18.7 Å². The number of rotatable bonds is 4. The van der Waals surface area contributed by atoms with Crippen molar-refractivity contribution in [2.75, 3.05) is 6.54 Å². The van der Waals surface area contributed by atoms with E-state index in [0.29, 0.717) is 13.1 Å². The van der Waals surface area contributed by atoms with Crippen LogP contribution in [0.1, 0.15) is 27.3 Å². The first-order chi connectivity index (χ1) is 11.1. The topological polar surface area (TPSA) is 46.9 Å². The number of fused-ring (bicyclic) bond motifs is 1. The van der Waals surface area contributed by atoms with Crippen LogP contribution in [0, 0.1) is 20.8 Å². The van der Waals surface area contributed by atoms with Gasteiger partial charge in [-0.05, 0) is 50.1 Å². The molecule has 3 rings (SSSR count). The van der Waals surface area contributed by atoms with E-state index in [2.05, 4.69) is 20.9 Å². The molecule has 0 saturated carbocycles. The van der Waals surface area contributed by atoms with Crippen LogP contribution in [0.5, 0.6) is 0 Å². The number of aromatic nitrogens is 2. The fourth-order valence-electron chi connectivity index (χ4n) is 2.85. The van der Waals surface area contributed by atoms with Crippen LogP contribution in [-0.4, -0.2) is 22.0 Å². The zero-order valence-electron chi connectivity index (χ0n) is 13.8. The summed E-state index contributed by atoms with van der Waals surface area (Å²) >= 11 is 0. The third kappa shape index (κ3) is 2.97. The van der Waals surface area contributed by atoms with E-state index >= 15 is 0 Å². The molecule has 0 bridgehead atoms. The number of hydrogen-bond acceptors (Lipinski definition) is 2. The van der Waals surface area contributed by atoms with Gasteiger partial charge in [0.2, 0.25) is 0 Å². The number of hydrogen-bond donors (Lipinski definition) is 1. The molecule has 23 heavy (non-hydrogen) atoms. The van der Waals surface area contributed by atoms with E-state index in [-0.39, 0.29) is 5.91 Å². The molecule has 0 unspecified atom stereocenters. The number of nitrogens with one attached hydrogen (secondary N) is 1. The highest BCUT2D eigenvalue weighted by Gasteiger charge is 2.10. The first-order valence-corrected chi connectivity index (χ1v) is 7.84. The molecule has 2 aromatic carbocycles. The molecule has 4 heteroatoms. The molecule has 1 heterocycles. The summed E-state index contributed by atoms with van der Waals surface area (Å²) in [5.41, 5.74) is 5.01. The van der Waals surface area contributed by atoms with E-state index in [1.807, 2.05) is 57.2 Å². The molecule has 3 aromatic rings.